The number of aromatic nitrogens is 2. The van der Waals surface area contributed by atoms with Crippen molar-refractivity contribution in [1.29, 1.82) is 0 Å². The largest absolute Gasteiger partial charge is 0.383 e. The molecule has 1 aromatic rings. The van der Waals surface area contributed by atoms with Gasteiger partial charge in [0, 0.05) is 11.3 Å². The molecule has 0 spiro atoms. The Bertz CT molecular complexity index is 552. The molecule has 6 nitrogen and oxygen atoms in total. The summed E-state index contributed by atoms with van der Waals surface area (Å²) in [6.45, 7) is 0. The van der Waals surface area contributed by atoms with Crippen LogP contribution in [0.25, 0.3) is 0 Å². The maximum Gasteiger partial charge on any atom is 0.253 e. The standard InChI is InChI=1S/C8H11N3O3S2/c9-6-3-7(12)11-8(10-6)15-5-1-2-16(13,14)4-5/h3,5H,1-2,4H2,(H3,9,10,11,12). The van der Waals surface area contributed by atoms with Gasteiger partial charge in [-0.05, 0) is 6.42 Å². The van der Waals surface area contributed by atoms with Crippen LogP contribution in [0.1, 0.15) is 6.42 Å². The van der Waals surface area contributed by atoms with E-state index >= 15 is 0 Å². The van der Waals surface area contributed by atoms with Crippen LogP contribution in [0.15, 0.2) is 16.0 Å². The van der Waals surface area contributed by atoms with Gasteiger partial charge in [-0.25, -0.2) is 13.4 Å². The predicted molar refractivity (Wildman–Crippen MR) is 62.2 cm³/mol. The Hall–Kier alpha value is -1.02. The van der Waals surface area contributed by atoms with E-state index in [4.69, 9.17) is 5.73 Å². The highest BCUT2D eigenvalue weighted by molar-refractivity contribution is 8.01. The van der Waals surface area contributed by atoms with E-state index in [2.05, 4.69) is 9.97 Å². The summed E-state index contributed by atoms with van der Waals surface area (Å²) in [5, 5.41) is 0.335. The lowest BCUT2D eigenvalue weighted by Crippen LogP contribution is -2.12. The lowest BCUT2D eigenvalue weighted by atomic mass is 10.4. The molecule has 88 valence electrons. The Morgan fingerprint density at radius 1 is 1.56 bits per heavy atom. The van der Waals surface area contributed by atoms with Crippen molar-refractivity contribution in [1.82, 2.24) is 9.97 Å². The minimum Gasteiger partial charge on any atom is -0.383 e. The predicted octanol–water partition coefficient (Wildman–Crippen LogP) is -0.369. The number of hydrogen-bond acceptors (Lipinski definition) is 6. The van der Waals surface area contributed by atoms with Gasteiger partial charge in [0.25, 0.3) is 5.56 Å². The number of anilines is 1. The van der Waals surface area contributed by atoms with Crippen molar-refractivity contribution in [3.05, 3.63) is 16.4 Å². The SMILES string of the molecule is Nc1cc(=O)[nH]c(SC2CCS(=O)(=O)C2)n1. The monoisotopic (exact) mass is 261 g/mol. The Labute approximate surface area is 96.6 Å². The van der Waals surface area contributed by atoms with Crippen molar-refractivity contribution in [2.75, 3.05) is 17.2 Å². The fourth-order valence-electron chi connectivity index (χ4n) is 1.52. The van der Waals surface area contributed by atoms with Crippen molar-refractivity contribution >= 4 is 27.4 Å². The average molecular weight is 261 g/mol. The minimum atomic E-state index is -2.91. The third-order valence-electron chi connectivity index (χ3n) is 2.21. The van der Waals surface area contributed by atoms with Gasteiger partial charge >= 0.3 is 0 Å². The molecular formula is C8H11N3O3S2. The molecule has 0 aromatic carbocycles. The van der Waals surface area contributed by atoms with Crippen LogP contribution in [-0.2, 0) is 9.84 Å². The van der Waals surface area contributed by atoms with E-state index in [1.807, 2.05) is 0 Å². The first-order valence-electron chi connectivity index (χ1n) is 4.68. The Balaban J connectivity index is 2.13. The van der Waals surface area contributed by atoms with Gasteiger partial charge in [0.2, 0.25) is 0 Å². The highest BCUT2D eigenvalue weighted by atomic mass is 32.2. The summed E-state index contributed by atoms with van der Waals surface area (Å²) in [4.78, 5) is 17.6. The van der Waals surface area contributed by atoms with E-state index < -0.39 is 9.84 Å². The molecule has 8 heteroatoms. The molecular weight excluding hydrogens is 250 g/mol. The Morgan fingerprint density at radius 3 is 2.88 bits per heavy atom. The lowest BCUT2D eigenvalue weighted by molar-refractivity contribution is 0.602. The molecule has 2 heterocycles. The fraction of sp³-hybridized carbons (Fsp3) is 0.500. The van der Waals surface area contributed by atoms with Gasteiger partial charge in [-0.1, -0.05) is 11.8 Å². The highest BCUT2D eigenvalue weighted by Gasteiger charge is 2.29. The quantitative estimate of drug-likeness (QED) is 0.704. The summed E-state index contributed by atoms with van der Waals surface area (Å²) in [6, 6.07) is 1.19. The van der Waals surface area contributed by atoms with E-state index in [1.54, 1.807) is 0 Å². The van der Waals surface area contributed by atoms with Crippen molar-refractivity contribution in [3.8, 4) is 0 Å². The van der Waals surface area contributed by atoms with E-state index in [-0.39, 0.29) is 28.1 Å². The number of sulfone groups is 1. The Kier molecular flexibility index (Phi) is 2.94. The van der Waals surface area contributed by atoms with Crippen molar-refractivity contribution in [2.24, 2.45) is 0 Å². The second-order valence-electron chi connectivity index (χ2n) is 3.62. The van der Waals surface area contributed by atoms with Gasteiger partial charge in [0.15, 0.2) is 15.0 Å². The topological polar surface area (TPSA) is 106 Å². The molecule has 0 bridgehead atoms. The van der Waals surface area contributed by atoms with Crippen molar-refractivity contribution < 1.29 is 8.42 Å². The number of nitrogen functional groups attached to an aromatic ring is 1. The zero-order valence-corrected chi connectivity index (χ0v) is 9.97. The molecule has 0 aliphatic carbocycles. The van der Waals surface area contributed by atoms with Gasteiger partial charge < -0.3 is 10.7 Å². The third-order valence-corrected chi connectivity index (χ3v) is 5.34. The molecule has 1 aromatic heterocycles. The molecule has 1 fully saturated rings. The molecule has 1 saturated heterocycles. The van der Waals surface area contributed by atoms with Gasteiger partial charge in [0.05, 0.1) is 11.5 Å². The number of thioether (sulfide) groups is 1. The molecule has 16 heavy (non-hydrogen) atoms. The van der Waals surface area contributed by atoms with Crippen LogP contribution in [0.5, 0.6) is 0 Å². The lowest BCUT2D eigenvalue weighted by Gasteiger charge is -2.05. The first kappa shape index (κ1) is 11.5. The number of H-pyrrole nitrogens is 1. The van der Waals surface area contributed by atoms with Crippen LogP contribution in [0.3, 0.4) is 0 Å². The maximum atomic E-state index is 11.2. The minimum absolute atomic E-state index is 0.0463. The number of hydrogen-bond donors (Lipinski definition) is 2. The van der Waals surface area contributed by atoms with Gasteiger partial charge in [-0.2, -0.15) is 0 Å². The zero-order valence-electron chi connectivity index (χ0n) is 8.34. The van der Waals surface area contributed by atoms with Crippen LogP contribution < -0.4 is 11.3 Å². The van der Waals surface area contributed by atoms with Crippen LogP contribution in [0.4, 0.5) is 5.82 Å². The maximum absolute atomic E-state index is 11.2. The van der Waals surface area contributed by atoms with Crippen LogP contribution in [-0.4, -0.2) is 35.1 Å². The van der Waals surface area contributed by atoms with E-state index in [0.29, 0.717) is 11.6 Å². The van der Waals surface area contributed by atoms with Crippen LogP contribution in [0.2, 0.25) is 0 Å². The van der Waals surface area contributed by atoms with Crippen LogP contribution >= 0.6 is 11.8 Å². The molecule has 1 unspecified atom stereocenters. The molecule has 2 rings (SSSR count). The number of aromatic amines is 1. The summed E-state index contributed by atoms with van der Waals surface area (Å²) >= 11 is 1.26. The molecule has 0 saturated carbocycles. The molecule has 3 N–H and O–H groups in total. The second kappa shape index (κ2) is 4.10. The average Bonchev–Trinajstić information content (AvgIpc) is 2.43. The molecule has 1 aliphatic rings. The first-order valence-corrected chi connectivity index (χ1v) is 7.39. The summed E-state index contributed by atoms with van der Waals surface area (Å²) in [5.41, 5.74) is 5.10. The van der Waals surface area contributed by atoms with Gasteiger partial charge in [0.1, 0.15) is 5.82 Å². The Morgan fingerprint density at radius 2 is 2.31 bits per heavy atom. The smallest absolute Gasteiger partial charge is 0.253 e. The number of nitrogens with one attached hydrogen (secondary N) is 1. The summed E-state index contributed by atoms with van der Waals surface area (Å²) in [7, 11) is -2.91. The second-order valence-corrected chi connectivity index (χ2v) is 7.14. The zero-order chi connectivity index (χ0) is 11.8. The van der Waals surface area contributed by atoms with Crippen molar-refractivity contribution in [3.63, 3.8) is 0 Å². The van der Waals surface area contributed by atoms with Gasteiger partial charge in [-0.15, -0.1) is 0 Å². The first-order chi connectivity index (χ1) is 7.44. The third kappa shape index (κ3) is 2.76. The number of nitrogens with two attached hydrogens (primary N) is 1. The van der Waals surface area contributed by atoms with E-state index in [0.717, 1.165) is 0 Å². The summed E-state index contributed by atoms with van der Waals surface area (Å²) in [6.07, 6.45) is 0.589. The fourth-order valence-corrected chi connectivity index (χ4v) is 4.98. The summed E-state index contributed by atoms with van der Waals surface area (Å²) < 4.78 is 22.5. The van der Waals surface area contributed by atoms with E-state index in [1.165, 1.54) is 17.8 Å². The van der Waals surface area contributed by atoms with Crippen LogP contribution in [0, 0.1) is 0 Å². The van der Waals surface area contributed by atoms with Gasteiger partial charge in [-0.3, -0.25) is 4.79 Å². The highest BCUT2D eigenvalue weighted by Crippen LogP contribution is 2.28. The molecule has 0 radical (unpaired) electrons. The molecule has 1 atom stereocenters. The van der Waals surface area contributed by atoms with Crippen molar-refractivity contribution in [2.45, 2.75) is 16.8 Å². The normalized spacial score (nSPS) is 23.4. The summed E-state index contributed by atoms with van der Waals surface area (Å²) in [5.74, 6) is 0.486. The number of nitrogens with zero attached hydrogens (tertiary/aromatic N) is 1. The molecule has 0 amide bonds. The number of rotatable bonds is 2. The van der Waals surface area contributed by atoms with E-state index in [9.17, 15) is 13.2 Å². The molecule has 1 aliphatic heterocycles.